The van der Waals surface area contributed by atoms with E-state index in [2.05, 4.69) is 20.3 Å². The Labute approximate surface area is 127 Å². The summed E-state index contributed by atoms with van der Waals surface area (Å²) in [5, 5.41) is 22.9. The molecule has 2 aliphatic carbocycles. The number of aliphatic hydroxyl groups excluding tert-OH is 2. The monoisotopic (exact) mass is 304 g/mol. The molecule has 118 valence electrons. The summed E-state index contributed by atoms with van der Waals surface area (Å²) in [5.41, 5.74) is 7.15. The van der Waals surface area contributed by atoms with Crippen molar-refractivity contribution in [2.75, 3.05) is 17.7 Å². The van der Waals surface area contributed by atoms with E-state index in [1.165, 1.54) is 0 Å². The molecule has 2 aliphatic rings. The molecule has 3 atom stereocenters. The van der Waals surface area contributed by atoms with Crippen LogP contribution in [0.1, 0.15) is 31.7 Å². The highest BCUT2D eigenvalue weighted by molar-refractivity contribution is 5.84. The van der Waals surface area contributed by atoms with Gasteiger partial charge in [-0.2, -0.15) is 9.97 Å². The summed E-state index contributed by atoms with van der Waals surface area (Å²) in [6, 6.07) is 0.309. The van der Waals surface area contributed by atoms with Gasteiger partial charge in [-0.05, 0) is 31.6 Å². The number of imidazole rings is 1. The van der Waals surface area contributed by atoms with Gasteiger partial charge in [0, 0.05) is 12.6 Å². The third kappa shape index (κ3) is 2.28. The first-order valence-electron chi connectivity index (χ1n) is 7.71. The lowest BCUT2D eigenvalue weighted by molar-refractivity contribution is 0.132. The van der Waals surface area contributed by atoms with E-state index in [-0.39, 0.29) is 24.5 Å². The fraction of sp³-hybridized carbons (Fsp3) is 0.643. The molecule has 0 radical (unpaired) electrons. The van der Waals surface area contributed by atoms with Crippen LogP contribution in [0.3, 0.4) is 0 Å². The maximum Gasteiger partial charge on any atom is 0.224 e. The van der Waals surface area contributed by atoms with E-state index in [1.54, 1.807) is 6.33 Å². The van der Waals surface area contributed by atoms with Gasteiger partial charge in [0.15, 0.2) is 17.0 Å². The SMILES string of the molecule is Nc1nc(NC2CC2)c2ncn(C3CC(CO)CC3O)c2n1. The molecule has 0 saturated heterocycles. The lowest BCUT2D eigenvalue weighted by atomic mass is 10.1. The maximum atomic E-state index is 10.3. The van der Waals surface area contributed by atoms with E-state index >= 15 is 0 Å². The average molecular weight is 304 g/mol. The Balaban J connectivity index is 1.74. The normalized spacial score (nSPS) is 28.4. The summed E-state index contributed by atoms with van der Waals surface area (Å²) in [6.45, 7) is 0.0891. The minimum atomic E-state index is -0.509. The number of aliphatic hydroxyl groups is 2. The molecular weight excluding hydrogens is 284 g/mol. The molecule has 3 unspecified atom stereocenters. The van der Waals surface area contributed by atoms with Gasteiger partial charge >= 0.3 is 0 Å². The molecule has 8 nitrogen and oxygen atoms in total. The quantitative estimate of drug-likeness (QED) is 0.640. The van der Waals surface area contributed by atoms with E-state index in [9.17, 15) is 10.2 Å². The van der Waals surface area contributed by atoms with Crippen LogP contribution in [0.15, 0.2) is 6.33 Å². The molecule has 0 aliphatic heterocycles. The van der Waals surface area contributed by atoms with E-state index < -0.39 is 6.10 Å². The first-order valence-corrected chi connectivity index (χ1v) is 7.71. The second-order valence-corrected chi connectivity index (χ2v) is 6.33. The summed E-state index contributed by atoms with van der Waals surface area (Å²) in [5.74, 6) is 0.972. The van der Waals surface area contributed by atoms with Gasteiger partial charge in [-0.25, -0.2) is 4.98 Å². The molecule has 2 aromatic rings. The summed E-state index contributed by atoms with van der Waals surface area (Å²) in [7, 11) is 0. The Hall–Kier alpha value is -1.93. The predicted octanol–water partition coefficient (Wildman–Crippen LogP) is 0.287. The molecule has 0 bridgehead atoms. The Morgan fingerprint density at radius 3 is 2.82 bits per heavy atom. The molecular formula is C14H20N6O2. The van der Waals surface area contributed by atoms with Crippen molar-refractivity contribution in [3.63, 3.8) is 0 Å². The van der Waals surface area contributed by atoms with Gasteiger partial charge in [0.2, 0.25) is 5.95 Å². The zero-order valence-corrected chi connectivity index (χ0v) is 12.2. The van der Waals surface area contributed by atoms with Gasteiger partial charge in [0.1, 0.15) is 0 Å². The van der Waals surface area contributed by atoms with Crippen LogP contribution in [0.5, 0.6) is 0 Å². The molecule has 0 spiro atoms. The van der Waals surface area contributed by atoms with Crippen molar-refractivity contribution >= 4 is 22.9 Å². The molecule has 5 N–H and O–H groups in total. The number of nitrogens with one attached hydrogen (secondary N) is 1. The highest BCUT2D eigenvalue weighted by atomic mass is 16.3. The summed E-state index contributed by atoms with van der Waals surface area (Å²) >= 11 is 0. The largest absolute Gasteiger partial charge is 0.396 e. The number of fused-ring (bicyclic) bond motifs is 1. The minimum absolute atomic E-state index is 0.0891. The number of hydrogen-bond acceptors (Lipinski definition) is 7. The zero-order valence-electron chi connectivity index (χ0n) is 12.2. The summed E-state index contributed by atoms with van der Waals surface area (Å²) in [6.07, 6.45) is 4.74. The first kappa shape index (κ1) is 13.7. The number of aromatic nitrogens is 4. The first-order chi connectivity index (χ1) is 10.7. The Morgan fingerprint density at radius 1 is 1.32 bits per heavy atom. The van der Waals surface area contributed by atoms with Crippen LogP contribution in [0, 0.1) is 5.92 Å². The van der Waals surface area contributed by atoms with Gasteiger partial charge in [-0.3, -0.25) is 0 Å². The fourth-order valence-corrected chi connectivity index (χ4v) is 3.24. The van der Waals surface area contributed by atoms with Gasteiger partial charge in [0.25, 0.3) is 0 Å². The molecule has 2 fully saturated rings. The number of anilines is 2. The van der Waals surface area contributed by atoms with Crippen LogP contribution in [-0.2, 0) is 0 Å². The van der Waals surface area contributed by atoms with Crippen LogP contribution < -0.4 is 11.1 Å². The van der Waals surface area contributed by atoms with Crippen molar-refractivity contribution in [1.82, 2.24) is 19.5 Å². The standard InChI is InChI=1S/C14H20N6O2/c15-14-18-12(17-8-1-2-8)11-13(19-14)20(6-16-11)9-3-7(5-21)4-10(9)22/h6-10,21-22H,1-5H2,(H3,15,17,18,19). The van der Waals surface area contributed by atoms with Crippen molar-refractivity contribution < 1.29 is 10.2 Å². The Kier molecular flexibility index (Phi) is 3.16. The fourth-order valence-electron chi connectivity index (χ4n) is 3.24. The van der Waals surface area contributed by atoms with Crippen LogP contribution >= 0.6 is 0 Å². The smallest absolute Gasteiger partial charge is 0.224 e. The minimum Gasteiger partial charge on any atom is -0.396 e. The van der Waals surface area contributed by atoms with E-state index in [4.69, 9.17) is 5.73 Å². The Bertz CT molecular complexity index is 698. The predicted molar refractivity (Wildman–Crippen MR) is 81.2 cm³/mol. The van der Waals surface area contributed by atoms with Crippen LogP contribution in [0.4, 0.5) is 11.8 Å². The second-order valence-electron chi connectivity index (χ2n) is 6.33. The van der Waals surface area contributed by atoms with Crippen molar-refractivity contribution in [1.29, 1.82) is 0 Å². The van der Waals surface area contributed by atoms with Crippen molar-refractivity contribution in [2.24, 2.45) is 5.92 Å². The highest BCUT2D eigenvalue weighted by Crippen LogP contribution is 2.37. The van der Waals surface area contributed by atoms with Crippen molar-refractivity contribution in [2.45, 2.75) is 43.9 Å². The number of nitrogens with zero attached hydrogens (tertiary/aromatic N) is 4. The molecule has 4 rings (SSSR count). The Morgan fingerprint density at radius 2 is 2.14 bits per heavy atom. The number of nitrogen functional groups attached to an aromatic ring is 1. The van der Waals surface area contributed by atoms with E-state index in [0.29, 0.717) is 35.9 Å². The van der Waals surface area contributed by atoms with Gasteiger partial charge in [0.05, 0.1) is 18.5 Å². The molecule has 22 heavy (non-hydrogen) atoms. The number of hydrogen-bond donors (Lipinski definition) is 4. The van der Waals surface area contributed by atoms with Crippen molar-refractivity contribution in [3.05, 3.63) is 6.33 Å². The second kappa shape index (κ2) is 5.06. The van der Waals surface area contributed by atoms with E-state index in [1.807, 2.05) is 4.57 Å². The van der Waals surface area contributed by atoms with Gasteiger partial charge < -0.3 is 25.8 Å². The highest BCUT2D eigenvalue weighted by Gasteiger charge is 2.35. The molecule has 2 saturated carbocycles. The molecule has 2 heterocycles. The van der Waals surface area contributed by atoms with Gasteiger partial charge in [-0.1, -0.05) is 0 Å². The van der Waals surface area contributed by atoms with Crippen LogP contribution in [0.2, 0.25) is 0 Å². The third-order valence-corrected chi connectivity index (χ3v) is 4.57. The average Bonchev–Trinajstić information content (AvgIpc) is 3.08. The molecule has 0 amide bonds. The topological polar surface area (TPSA) is 122 Å². The summed E-state index contributed by atoms with van der Waals surface area (Å²) < 4.78 is 1.87. The number of rotatable bonds is 4. The van der Waals surface area contributed by atoms with Crippen molar-refractivity contribution in [3.8, 4) is 0 Å². The molecule has 2 aromatic heterocycles. The van der Waals surface area contributed by atoms with Crippen LogP contribution in [-0.4, -0.2) is 48.5 Å². The summed E-state index contributed by atoms with van der Waals surface area (Å²) in [4.78, 5) is 13.0. The molecule has 8 heteroatoms. The van der Waals surface area contributed by atoms with E-state index in [0.717, 1.165) is 12.8 Å². The lowest BCUT2D eigenvalue weighted by Gasteiger charge is -2.16. The maximum absolute atomic E-state index is 10.3. The zero-order chi connectivity index (χ0) is 15.3. The third-order valence-electron chi connectivity index (χ3n) is 4.57. The van der Waals surface area contributed by atoms with Crippen LogP contribution in [0.25, 0.3) is 11.2 Å². The lowest BCUT2D eigenvalue weighted by Crippen LogP contribution is -2.18. The number of nitrogens with two attached hydrogens (primary N) is 1. The molecule has 0 aromatic carbocycles. The van der Waals surface area contributed by atoms with Gasteiger partial charge in [-0.15, -0.1) is 0 Å².